The molecule has 0 saturated carbocycles. The summed E-state index contributed by atoms with van der Waals surface area (Å²) in [7, 11) is 0. The average molecular weight is 443 g/mol. The molecule has 0 aliphatic rings. The second kappa shape index (κ2) is 9.40. The van der Waals surface area contributed by atoms with Crippen LogP contribution in [0.2, 0.25) is 0 Å². The van der Waals surface area contributed by atoms with Crippen molar-refractivity contribution < 1.29 is 4.39 Å². The topological polar surface area (TPSA) is 64.3 Å². The van der Waals surface area contributed by atoms with E-state index in [1.54, 1.807) is 6.07 Å². The van der Waals surface area contributed by atoms with E-state index in [0.717, 1.165) is 51.8 Å². The monoisotopic (exact) mass is 442 g/mol. The maximum Gasteiger partial charge on any atom is 0.137 e. The highest BCUT2D eigenvalue weighted by Gasteiger charge is 2.12. The van der Waals surface area contributed by atoms with E-state index >= 15 is 0 Å². The number of aromatic amines is 1. The van der Waals surface area contributed by atoms with Crippen molar-refractivity contribution >= 4 is 11.0 Å². The van der Waals surface area contributed by atoms with Crippen LogP contribution < -0.4 is 0 Å². The lowest BCUT2D eigenvalue weighted by Crippen LogP contribution is -1.99. The molecule has 4 heterocycles. The number of nitrogens with one attached hydrogen (secondary N) is 1. The van der Waals surface area contributed by atoms with E-state index in [0.29, 0.717) is 6.54 Å². The fraction of sp³-hybridized carbons (Fsp3) is 0.269. The van der Waals surface area contributed by atoms with Gasteiger partial charge in [0.05, 0.1) is 18.9 Å². The summed E-state index contributed by atoms with van der Waals surface area (Å²) < 4.78 is 17.3. The molecule has 0 radical (unpaired) electrons. The SMILES string of the molecule is CCCCCCn1cc(-c2cnc3[nH]cc(-c4cnn(Cc5cccc(F)c5)c4)c3c2)cn1. The van der Waals surface area contributed by atoms with E-state index in [2.05, 4.69) is 39.4 Å². The Bertz CT molecular complexity index is 1360. The zero-order valence-electron chi connectivity index (χ0n) is 18.7. The maximum atomic E-state index is 13.5. The molecule has 0 atom stereocenters. The quantitative estimate of drug-likeness (QED) is 0.282. The van der Waals surface area contributed by atoms with Crippen LogP contribution in [0.1, 0.15) is 38.2 Å². The molecule has 0 spiro atoms. The van der Waals surface area contributed by atoms with Gasteiger partial charge in [0.1, 0.15) is 11.5 Å². The summed E-state index contributed by atoms with van der Waals surface area (Å²) in [5.74, 6) is -0.237. The van der Waals surface area contributed by atoms with Gasteiger partial charge in [-0.15, -0.1) is 0 Å². The minimum absolute atomic E-state index is 0.237. The van der Waals surface area contributed by atoms with Gasteiger partial charge in [0.25, 0.3) is 0 Å². The summed E-state index contributed by atoms with van der Waals surface area (Å²) in [4.78, 5) is 7.88. The number of aromatic nitrogens is 6. The highest BCUT2D eigenvalue weighted by Crippen LogP contribution is 2.30. The van der Waals surface area contributed by atoms with Crippen LogP contribution in [0.4, 0.5) is 4.39 Å². The number of pyridine rings is 1. The van der Waals surface area contributed by atoms with Gasteiger partial charge in [-0.05, 0) is 30.2 Å². The maximum absolute atomic E-state index is 13.5. The molecule has 5 aromatic rings. The van der Waals surface area contributed by atoms with E-state index in [9.17, 15) is 4.39 Å². The Morgan fingerprint density at radius 2 is 1.76 bits per heavy atom. The molecule has 168 valence electrons. The van der Waals surface area contributed by atoms with Crippen molar-refractivity contribution in [3.05, 3.63) is 78.9 Å². The van der Waals surface area contributed by atoms with Crippen LogP contribution in [0, 0.1) is 5.82 Å². The lowest BCUT2D eigenvalue weighted by atomic mass is 10.1. The van der Waals surface area contributed by atoms with Gasteiger partial charge in [-0.25, -0.2) is 9.37 Å². The molecule has 1 N–H and O–H groups in total. The third-order valence-corrected chi connectivity index (χ3v) is 5.92. The van der Waals surface area contributed by atoms with Gasteiger partial charge in [-0.1, -0.05) is 38.3 Å². The molecule has 0 saturated heterocycles. The molecule has 7 heteroatoms. The first kappa shape index (κ1) is 21.1. The largest absolute Gasteiger partial charge is 0.346 e. The predicted molar refractivity (Wildman–Crippen MR) is 128 cm³/mol. The van der Waals surface area contributed by atoms with Crippen molar-refractivity contribution in [2.45, 2.75) is 45.7 Å². The number of nitrogens with zero attached hydrogens (tertiary/aromatic N) is 5. The van der Waals surface area contributed by atoms with Crippen LogP contribution in [0.25, 0.3) is 33.3 Å². The smallest absolute Gasteiger partial charge is 0.137 e. The van der Waals surface area contributed by atoms with Gasteiger partial charge >= 0.3 is 0 Å². The summed E-state index contributed by atoms with van der Waals surface area (Å²) in [6.45, 7) is 3.68. The molecule has 0 fully saturated rings. The number of hydrogen-bond acceptors (Lipinski definition) is 3. The third-order valence-electron chi connectivity index (χ3n) is 5.92. The first-order chi connectivity index (χ1) is 16.2. The number of hydrogen-bond donors (Lipinski definition) is 1. The number of unbranched alkanes of at least 4 members (excludes halogenated alkanes) is 3. The van der Waals surface area contributed by atoms with Gasteiger partial charge in [0.15, 0.2) is 0 Å². The van der Waals surface area contributed by atoms with Crippen molar-refractivity contribution in [2.24, 2.45) is 0 Å². The number of rotatable bonds is 9. The highest BCUT2D eigenvalue weighted by molar-refractivity contribution is 5.95. The number of benzene rings is 1. The van der Waals surface area contributed by atoms with E-state index in [1.165, 1.54) is 31.4 Å². The fourth-order valence-corrected chi connectivity index (χ4v) is 4.15. The summed E-state index contributed by atoms with van der Waals surface area (Å²) in [5, 5.41) is 10.0. The van der Waals surface area contributed by atoms with Crippen LogP contribution in [-0.4, -0.2) is 29.5 Å². The standard InChI is InChI=1S/C26H27FN6/c1-2-3-4-5-9-32-17-21(13-30-32)20-11-24-25(15-29-26(24)28-12-20)22-14-31-33(18-22)16-19-7-6-8-23(27)10-19/h6-8,10-15,17-18H,2-5,9,16H2,1H3,(H,28,29). The second-order valence-electron chi connectivity index (χ2n) is 8.43. The van der Waals surface area contributed by atoms with E-state index in [4.69, 9.17) is 0 Å². The number of halogens is 1. The van der Waals surface area contributed by atoms with Gasteiger partial charge in [-0.2, -0.15) is 10.2 Å². The molecule has 1 aromatic carbocycles. The molecule has 6 nitrogen and oxygen atoms in total. The number of aryl methyl sites for hydroxylation is 1. The minimum Gasteiger partial charge on any atom is -0.346 e. The van der Waals surface area contributed by atoms with Crippen LogP contribution in [0.3, 0.4) is 0 Å². The third kappa shape index (κ3) is 4.72. The van der Waals surface area contributed by atoms with Crippen molar-refractivity contribution in [3.63, 3.8) is 0 Å². The van der Waals surface area contributed by atoms with Crippen LogP contribution in [-0.2, 0) is 13.1 Å². The molecule has 5 rings (SSSR count). The molecule has 0 aliphatic carbocycles. The Morgan fingerprint density at radius 3 is 2.64 bits per heavy atom. The average Bonchev–Trinajstić information content (AvgIpc) is 3.56. The predicted octanol–water partition coefficient (Wildman–Crippen LogP) is 6.06. The zero-order chi connectivity index (χ0) is 22.6. The van der Waals surface area contributed by atoms with Crippen molar-refractivity contribution in [1.29, 1.82) is 0 Å². The number of H-pyrrole nitrogens is 1. The Labute approximate surface area is 192 Å². The zero-order valence-corrected chi connectivity index (χ0v) is 18.7. The van der Waals surface area contributed by atoms with Crippen LogP contribution >= 0.6 is 0 Å². The Balaban J connectivity index is 1.37. The fourth-order valence-electron chi connectivity index (χ4n) is 4.15. The van der Waals surface area contributed by atoms with E-state index in [-0.39, 0.29) is 5.82 Å². The minimum atomic E-state index is -0.237. The Hall–Kier alpha value is -3.74. The first-order valence-electron chi connectivity index (χ1n) is 11.5. The summed E-state index contributed by atoms with van der Waals surface area (Å²) in [6, 6.07) is 8.75. The van der Waals surface area contributed by atoms with Crippen LogP contribution in [0.15, 0.2) is 67.5 Å². The lowest BCUT2D eigenvalue weighted by molar-refractivity contribution is 0.541. The molecule has 0 bridgehead atoms. The normalized spacial score (nSPS) is 11.5. The lowest BCUT2D eigenvalue weighted by Gasteiger charge is -2.02. The van der Waals surface area contributed by atoms with E-state index < -0.39 is 0 Å². The summed E-state index contributed by atoms with van der Waals surface area (Å²) in [5.41, 5.74) is 5.84. The van der Waals surface area contributed by atoms with Gasteiger partial charge in [0, 0.05) is 59.0 Å². The van der Waals surface area contributed by atoms with Crippen LogP contribution in [0.5, 0.6) is 0 Å². The van der Waals surface area contributed by atoms with Gasteiger partial charge in [0.2, 0.25) is 0 Å². The van der Waals surface area contributed by atoms with Crippen molar-refractivity contribution in [1.82, 2.24) is 29.5 Å². The highest BCUT2D eigenvalue weighted by atomic mass is 19.1. The Kier molecular flexibility index (Phi) is 6.02. The first-order valence-corrected chi connectivity index (χ1v) is 11.5. The molecule has 4 aromatic heterocycles. The molecule has 33 heavy (non-hydrogen) atoms. The molecular formula is C26H27FN6. The molecule has 0 aliphatic heterocycles. The summed E-state index contributed by atoms with van der Waals surface area (Å²) >= 11 is 0. The summed E-state index contributed by atoms with van der Waals surface area (Å²) in [6.07, 6.45) is 16.5. The number of fused-ring (bicyclic) bond motifs is 1. The molecule has 0 amide bonds. The van der Waals surface area contributed by atoms with Crippen molar-refractivity contribution in [3.8, 4) is 22.3 Å². The van der Waals surface area contributed by atoms with Crippen molar-refractivity contribution in [2.75, 3.05) is 0 Å². The molecular weight excluding hydrogens is 415 g/mol. The Morgan fingerprint density at radius 1 is 0.909 bits per heavy atom. The second-order valence-corrected chi connectivity index (χ2v) is 8.43. The van der Waals surface area contributed by atoms with E-state index in [1.807, 2.05) is 46.4 Å². The van der Waals surface area contributed by atoms with Gasteiger partial charge < -0.3 is 4.98 Å². The van der Waals surface area contributed by atoms with Gasteiger partial charge in [-0.3, -0.25) is 9.36 Å². The molecule has 0 unspecified atom stereocenters.